The standard InChI is InChI=1S/C14H14N4OS/c1-2-8-20-14-16-12-11(13(19)17-14)9-15-18(12)10-6-4-3-5-7-10/h3-7,9H,2,8H2,1H3,(H,16,17,19). The first-order valence-corrected chi connectivity index (χ1v) is 7.44. The average molecular weight is 286 g/mol. The monoisotopic (exact) mass is 286 g/mol. The highest BCUT2D eigenvalue weighted by Gasteiger charge is 2.11. The second-order valence-corrected chi connectivity index (χ2v) is 5.43. The zero-order chi connectivity index (χ0) is 13.9. The number of benzene rings is 1. The fourth-order valence-corrected chi connectivity index (χ4v) is 2.64. The van der Waals surface area contributed by atoms with Crippen molar-refractivity contribution < 1.29 is 0 Å². The summed E-state index contributed by atoms with van der Waals surface area (Å²) in [5.74, 6) is 0.925. The summed E-state index contributed by atoms with van der Waals surface area (Å²) < 4.78 is 1.70. The van der Waals surface area contributed by atoms with Crippen molar-refractivity contribution >= 4 is 22.8 Å². The highest BCUT2D eigenvalue weighted by Crippen LogP contribution is 2.17. The maximum absolute atomic E-state index is 12.0. The molecule has 2 heterocycles. The van der Waals surface area contributed by atoms with Gasteiger partial charge in [0.15, 0.2) is 10.8 Å². The van der Waals surface area contributed by atoms with Gasteiger partial charge in [-0.3, -0.25) is 4.79 Å². The second-order valence-electron chi connectivity index (χ2n) is 4.35. The van der Waals surface area contributed by atoms with Crippen molar-refractivity contribution in [3.8, 4) is 5.69 Å². The van der Waals surface area contributed by atoms with Crippen LogP contribution in [0, 0.1) is 0 Å². The van der Waals surface area contributed by atoms with Crippen molar-refractivity contribution in [1.82, 2.24) is 19.7 Å². The molecule has 20 heavy (non-hydrogen) atoms. The van der Waals surface area contributed by atoms with Gasteiger partial charge in [-0.15, -0.1) is 0 Å². The van der Waals surface area contributed by atoms with Crippen LogP contribution in [0.2, 0.25) is 0 Å². The molecule has 0 aliphatic rings. The van der Waals surface area contributed by atoms with Gasteiger partial charge in [0.2, 0.25) is 0 Å². The van der Waals surface area contributed by atoms with Crippen LogP contribution in [0.15, 0.2) is 46.5 Å². The first-order chi connectivity index (χ1) is 9.79. The Hall–Kier alpha value is -2.08. The molecule has 0 saturated carbocycles. The summed E-state index contributed by atoms with van der Waals surface area (Å²) in [6.07, 6.45) is 2.59. The van der Waals surface area contributed by atoms with Gasteiger partial charge in [0, 0.05) is 5.75 Å². The number of H-pyrrole nitrogens is 1. The zero-order valence-corrected chi connectivity index (χ0v) is 11.9. The largest absolute Gasteiger partial charge is 0.301 e. The van der Waals surface area contributed by atoms with Crippen LogP contribution < -0.4 is 5.56 Å². The van der Waals surface area contributed by atoms with Crippen molar-refractivity contribution in [2.45, 2.75) is 18.5 Å². The molecular formula is C14H14N4OS. The molecule has 0 fully saturated rings. The van der Waals surface area contributed by atoms with E-state index in [0.717, 1.165) is 17.9 Å². The number of para-hydroxylation sites is 1. The summed E-state index contributed by atoms with van der Waals surface area (Å²) in [5.41, 5.74) is 1.35. The van der Waals surface area contributed by atoms with Crippen LogP contribution in [0.25, 0.3) is 16.7 Å². The van der Waals surface area contributed by atoms with Gasteiger partial charge in [-0.25, -0.2) is 9.67 Å². The van der Waals surface area contributed by atoms with Crippen LogP contribution in [-0.4, -0.2) is 25.5 Å². The van der Waals surface area contributed by atoms with Crippen molar-refractivity contribution in [1.29, 1.82) is 0 Å². The lowest BCUT2D eigenvalue weighted by Gasteiger charge is -2.03. The SMILES string of the molecule is CCCSc1nc2c(cnn2-c2ccccc2)c(=O)[nH]1. The summed E-state index contributed by atoms with van der Waals surface area (Å²) in [4.78, 5) is 19.4. The van der Waals surface area contributed by atoms with E-state index in [1.165, 1.54) is 0 Å². The maximum atomic E-state index is 12.0. The quantitative estimate of drug-likeness (QED) is 0.591. The fourth-order valence-electron chi connectivity index (χ4n) is 1.92. The van der Waals surface area contributed by atoms with Gasteiger partial charge in [0.05, 0.1) is 11.9 Å². The Morgan fingerprint density at radius 1 is 1.30 bits per heavy atom. The van der Waals surface area contributed by atoms with E-state index in [9.17, 15) is 4.79 Å². The first kappa shape index (κ1) is 12.9. The zero-order valence-electron chi connectivity index (χ0n) is 11.0. The molecule has 102 valence electrons. The number of rotatable bonds is 4. The number of aromatic amines is 1. The second kappa shape index (κ2) is 5.50. The number of fused-ring (bicyclic) bond motifs is 1. The highest BCUT2D eigenvalue weighted by atomic mass is 32.2. The molecule has 3 aromatic rings. The lowest BCUT2D eigenvalue weighted by atomic mass is 10.3. The molecular weight excluding hydrogens is 272 g/mol. The van der Waals surface area contributed by atoms with Gasteiger partial charge < -0.3 is 4.98 Å². The summed E-state index contributed by atoms with van der Waals surface area (Å²) in [7, 11) is 0. The number of thioether (sulfide) groups is 1. The van der Waals surface area contributed by atoms with E-state index in [1.807, 2.05) is 30.3 Å². The third-order valence-corrected chi connectivity index (χ3v) is 3.94. The molecule has 0 aliphatic heterocycles. The van der Waals surface area contributed by atoms with Gasteiger partial charge in [0.25, 0.3) is 5.56 Å². The average Bonchev–Trinajstić information content (AvgIpc) is 2.90. The third kappa shape index (κ3) is 2.34. The van der Waals surface area contributed by atoms with Crippen LogP contribution in [0.3, 0.4) is 0 Å². The Balaban J connectivity index is 2.15. The van der Waals surface area contributed by atoms with Crippen LogP contribution in [0.1, 0.15) is 13.3 Å². The first-order valence-electron chi connectivity index (χ1n) is 6.46. The summed E-state index contributed by atoms with van der Waals surface area (Å²) in [5, 5.41) is 5.42. The summed E-state index contributed by atoms with van der Waals surface area (Å²) in [6.45, 7) is 2.10. The van der Waals surface area contributed by atoms with E-state index in [-0.39, 0.29) is 5.56 Å². The van der Waals surface area contributed by atoms with E-state index >= 15 is 0 Å². The molecule has 1 N–H and O–H groups in total. The van der Waals surface area contributed by atoms with Gasteiger partial charge in [-0.1, -0.05) is 36.9 Å². The van der Waals surface area contributed by atoms with Gasteiger partial charge >= 0.3 is 0 Å². The lowest BCUT2D eigenvalue weighted by Crippen LogP contribution is -2.09. The molecule has 0 bridgehead atoms. The molecule has 2 aromatic heterocycles. The van der Waals surface area contributed by atoms with E-state index in [4.69, 9.17) is 0 Å². The topological polar surface area (TPSA) is 63.6 Å². The minimum Gasteiger partial charge on any atom is -0.301 e. The Morgan fingerprint density at radius 3 is 2.85 bits per heavy atom. The van der Waals surface area contributed by atoms with Crippen molar-refractivity contribution in [3.05, 3.63) is 46.9 Å². The Morgan fingerprint density at radius 2 is 2.10 bits per heavy atom. The number of hydrogen-bond donors (Lipinski definition) is 1. The van der Waals surface area contributed by atoms with Gasteiger partial charge in [-0.2, -0.15) is 5.10 Å². The molecule has 6 heteroatoms. The third-order valence-electron chi connectivity index (χ3n) is 2.86. The lowest BCUT2D eigenvalue weighted by molar-refractivity contribution is 0.872. The molecule has 0 radical (unpaired) electrons. The molecule has 0 aliphatic carbocycles. The molecule has 0 spiro atoms. The number of hydrogen-bond acceptors (Lipinski definition) is 4. The Kier molecular flexibility index (Phi) is 3.56. The normalized spacial score (nSPS) is 11.1. The molecule has 0 unspecified atom stereocenters. The van der Waals surface area contributed by atoms with Crippen molar-refractivity contribution in [3.63, 3.8) is 0 Å². The van der Waals surface area contributed by atoms with Crippen LogP contribution in [0.4, 0.5) is 0 Å². The predicted molar refractivity (Wildman–Crippen MR) is 80.5 cm³/mol. The van der Waals surface area contributed by atoms with Gasteiger partial charge in [-0.05, 0) is 18.6 Å². The Bertz CT molecular complexity index is 779. The molecule has 5 nitrogen and oxygen atoms in total. The summed E-state index contributed by atoms with van der Waals surface area (Å²) in [6, 6.07) is 9.69. The number of aromatic nitrogens is 4. The minimum absolute atomic E-state index is 0.143. The maximum Gasteiger partial charge on any atom is 0.262 e. The van der Waals surface area contributed by atoms with E-state index in [1.54, 1.807) is 22.6 Å². The minimum atomic E-state index is -0.143. The summed E-state index contributed by atoms with van der Waals surface area (Å²) >= 11 is 1.55. The number of nitrogens with one attached hydrogen (secondary N) is 1. The van der Waals surface area contributed by atoms with E-state index < -0.39 is 0 Å². The highest BCUT2D eigenvalue weighted by molar-refractivity contribution is 7.99. The van der Waals surface area contributed by atoms with Crippen LogP contribution in [0.5, 0.6) is 0 Å². The predicted octanol–water partition coefficient (Wildman–Crippen LogP) is 2.61. The molecule has 3 rings (SSSR count). The van der Waals surface area contributed by atoms with Crippen LogP contribution >= 0.6 is 11.8 Å². The molecule has 0 saturated heterocycles. The number of nitrogens with zero attached hydrogens (tertiary/aromatic N) is 3. The smallest absolute Gasteiger partial charge is 0.262 e. The van der Waals surface area contributed by atoms with Crippen molar-refractivity contribution in [2.24, 2.45) is 0 Å². The molecule has 1 aromatic carbocycles. The van der Waals surface area contributed by atoms with E-state index in [0.29, 0.717) is 16.2 Å². The Labute approximate surface area is 120 Å². The molecule has 0 amide bonds. The van der Waals surface area contributed by atoms with E-state index in [2.05, 4.69) is 22.0 Å². The van der Waals surface area contributed by atoms with Crippen molar-refractivity contribution in [2.75, 3.05) is 5.75 Å². The van der Waals surface area contributed by atoms with Gasteiger partial charge in [0.1, 0.15) is 5.39 Å². The molecule has 0 atom stereocenters. The van der Waals surface area contributed by atoms with Crippen LogP contribution in [-0.2, 0) is 0 Å². The fraction of sp³-hybridized carbons (Fsp3) is 0.214.